The molecule has 2 unspecified atom stereocenters. The summed E-state index contributed by atoms with van der Waals surface area (Å²) in [5, 5.41) is 6.64. The van der Waals surface area contributed by atoms with Crippen molar-refractivity contribution in [3.05, 3.63) is 35.6 Å². The molecule has 5 nitrogen and oxygen atoms in total. The molecule has 1 aromatic carbocycles. The van der Waals surface area contributed by atoms with Gasteiger partial charge in [-0.1, -0.05) is 12.1 Å². The van der Waals surface area contributed by atoms with Gasteiger partial charge in [0.2, 0.25) is 0 Å². The predicted molar refractivity (Wildman–Crippen MR) is 107 cm³/mol. The molecule has 2 N–H and O–H groups in total. The molecular formula is C17H28FIN4O. The Hall–Kier alpha value is -0.930. The summed E-state index contributed by atoms with van der Waals surface area (Å²) in [6, 6.07) is 6.78. The topological polar surface area (TPSA) is 48.9 Å². The van der Waals surface area contributed by atoms with E-state index in [4.69, 9.17) is 4.74 Å². The molecule has 1 fully saturated rings. The molecule has 0 radical (unpaired) electrons. The van der Waals surface area contributed by atoms with Crippen LogP contribution in [0.3, 0.4) is 0 Å². The van der Waals surface area contributed by atoms with Crippen LogP contribution in [0.4, 0.5) is 4.39 Å². The number of nitrogens with one attached hydrogen (secondary N) is 2. The molecule has 0 aromatic heterocycles. The normalized spacial score (nSPS) is 19.0. The number of aliphatic imine (C=N–C) groups is 1. The second kappa shape index (κ2) is 10.8. The molecule has 1 aliphatic rings. The minimum atomic E-state index is -0.215. The van der Waals surface area contributed by atoms with Gasteiger partial charge in [0.1, 0.15) is 5.82 Å². The van der Waals surface area contributed by atoms with Crippen LogP contribution in [0.5, 0.6) is 0 Å². The molecule has 0 spiro atoms. The SMILES string of the molecule is CN=C(NCC1CCCO1)NCC(c1ccc(F)cc1)N(C)C.I. The Morgan fingerprint density at radius 3 is 2.58 bits per heavy atom. The monoisotopic (exact) mass is 450 g/mol. The van der Waals surface area contributed by atoms with Gasteiger partial charge in [0, 0.05) is 26.7 Å². The van der Waals surface area contributed by atoms with E-state index in [-0.39, 0.29) is 41.9 Å². The van der Waals surface area contributed by atoms with E-state index in [0.717, 1.165) is 37.5 Å². The first-order chi connectivity index (χ1) is 11.1. The van der Waals surface area contributed by atoms with Gasteiger partial charge in [0.25, 0.3) is 0 Å². The Labute approximate surface area is 161 Å². The zero-order valence-corrected chi connectivity index (χ0v) is 16.9. The summed E-state index contributed by atoms with van der Waals surface area (Å²) in [4.78, 5) is 6.35. The van der Waals surface area contributed by atoms with Gasteiger partial charge in [0.15, 0.2) is 5.96 Å². The number of nitrogens with zero attached hydrogens (tertiary/aromatic N) is 2. The lowest BCUT2D eigenvalue weighted by Gasteiger charge is -2.26. The lowest BCUT2D eigenvalue weighted by Crippen LogP contribution is -2.44. The van der Waals surface area contributed by atoms with E-state index < -0.39 is 0 Å². The van der Waals surface area contributed by atoms with Crippen molar-refractivity contribution in [2.45, 2.75) is 25.0 Å². The van der Waals surface area contributed by atoms with Crippen LogP contribution < -0.4 is 10.6 Å². The Bertz CT molecular complexity index is 504. The molecule has 1 aliphatic heterocycles. The van der Waals surface area contributed by atoms with Gasteiger partial charge in [-0.05, 0) is 44.6 Å². The van der Waals surface area contributed by atoms with E-state index in [2.05, 4.69) is 20.5 Å². The third-order valence-electron chi connectivity index (χ3n) is 4.09. The highest BCUT2D eigenvalue weighted by molar-refractivity contribution is 14.0. The van der Waals surface area contributed by atoms with Gasteiger partial charge in [0.05, 0.1) is 12.1 Å². The summed E-state index contributed by atoms with van der Waals surface area (Å²) in [7, 11) is 5.78. The Morgan fingerprint density at radius 2 is 2.04 bits per heavy atom. The van der Waals surface area contributed by atoms with Gasteiger partial charge < -0.3 is 20.3 Å². The Kier molecular flexibility index (Phi) is 9.53. The van der Waals surface area contributed by atoms with Crippen LogP contribution in [-0.2, 0) is 4.74 Å². The third-order valence-corrected chi connectivity index (χ3v) is 4.09. The minimum absolute atomic E-state index is 0. The van der Waals surface area contributed by atoms with Gasteiger partial charge in [-0.3, -0.25) is 4.99 Å². The number of guanidine groups is 1. The van der Waals surface area contributed by atoms with E-state index in [1.54, 1.807) is 7.05 Å². The van der Waals surface area contributed by atoms with Gasteiger partial charge >= 0.3 is 0 Å². The second-order valence-corrected chi connectivity index (χ2v) is 6.00. The van der Waals surface area contributed by atoms with Crippen molar-refractivity contribution in [2.75, 3.05) is 40.8 Å². The summed E-state index contributed by atoms with van der Waals surface area (Å²) in [6.07, 6.45) is 2.50. The van der Waals surface area contributed by atoms with Crippen molar-refractivity contribution in [3.63, 3.8) is 0 Å². The molecule has 2 rings (SSSR count). The van der Waals surface area contributed by atoms with Crippen LogP contribution in [0.15, 0.2) is 29.3 Å². The summed E-state index contributed by atoms with van der Waals surface area (Å²) < 4.78 is 18.7. The number of likely N-dealkylation sites (N-methyl/N-ethyl adjacent to an activating group) is 1. The first kappa shape index (κ1) is 21.1. The molecule has 2 atom stereocenters. The lowest BCUT2D eigenvalue weighted by molar-refractivity contribution is 0.113. The predicted octanol–water partition coefficient (Wildman–Crippen LogP) is 2.39. The number of halogens is 2. The van der Waals surface area contributed by atoms with E-state index in [1.165, 1.54) is 12.1 Å². The first-order valence-electron chi connectivity index (χ1n) is 8.08. The molecule has 1 heterocycles. The molecule has 24 heavy (non-hydrogen) atoms. The average Bonchev–Trinajstić information content (AvgIpc) is 3.05. The summed E-state index contributed by atoms with van der Waals surface area (Å²) in [5.74, 6) is 0.544. The molecular weight excluding hydrogens is 422 g/mol. The minimum Gasteiger partial charge on any atom is -0.376 e. The fourth-order valence-corrected chi connectivity index (χ4v) is 2.71. The quantitative estimate of drug-likeness (QED) is 0.397. The Morgan fingerprint density at radius 1 is 1.33 bits per heavy atom. The van der Waals surface area contributed by atoms with Crippen LogP contribution in [0, 0.1) is 5.82 Å². The van der Waals surface area contributed by atoms with Gasteiger partial charge in [-0.2, -0.15) is 0 Å². The smallest absolute Gasteiger partial charge is 0.191 e. The highest BCUT2D eigenvalue weighted by Crippen LogP contribution is 2.17. The number of hydrogen-bond donors (Lipinski definition) is 2. The van der Waals surface area contributed by atoms with Crippen LogP contribution >= 0.6 is 24.0 Å². The van der Waals surface area contributed by atoms with Crippen molar-refractivity contribution in [1.82, 2.24) is 15.5 Å². The zero-order chi connectivity index (χ0) is 16.7. The maximum atomic E-state index is 13.1. The van der Waals surface area contributed by atoms with E-state index >= 15 is 0 Å². The molecule has 0 amide bonds. The summed E-state index contributed by atoms with van der Waals surface area (Å²) >= 11 is 0. The molecule has 7 heteroatoms. The third kappa shape index (κ3) is 6.52. The molecule has 1 saturated heterocycles. The van der Waals surface area contributed by atoms with Gasteiger partial charge in [-0.15, -0.1) is 24.0 Å². The summed E-state index contributed by atoms with van der Waals surface area (Å²) in [6.45, 7) is 2.30. The summed E-state index contributed by atoms with van der Waals surface area (Å²) in [5.41, 5.74) is 1.07. The average molecular weight is 450 g/mol. The van der Waals surface area contributed by atoms with Crippen molar-refractivity contribution in [3.8, 4) is 0 Å². The van der Waals surface area contributed by atoms with E-state index in [0.29, 0.717) is 6.54 Å². The molecule has 0 bridgehead atoms. The lowest BCUT2D eigenvalue weighted by atomic mass is 10.1. The molecule has 136 valence electrons. The maximum Gasteiger partial charge on any atom is 0.191 e. The van der Waals surface area contributed by atoms with Crippen molar-refractivity contribution in [2.24, 2.45) is 4.99 Å². The van der Waals surface area contributed by atoms with Crippen LogP contribution in [0.1, 0.15) is 24.4 Å². The van der Waals surface area contributed by atoms with Crippen molar-refractivity contribution < 1.29 is 9.13 Å². The molecule has 1 aromatic rings. The highest BCUT2D eigenvalue weighted by Gasteiger charge is 2.17. The van der Waals surface area contributed by atoms with Crippen molar-refractivity contribution in [1.29, 1.82) is 0 Å². The van der Waals surface area contributed by atoms with Crippen LogP contribution in [0.25, 0.3) is 0 Å². The highest BCUT2D eigenvalue weighted by atomic mass is 127. The first-order valence-corrected chi connectivity index (χ1v) is 8.08. The second-order valence-electron chi connectivity index (χ2n) is 6.00. The molecule has 0 aliphatic carbocycles. The largest absolute Gasteiger partial charge is 0.376 e. The number of hydrogen-bond acceptors (Lipinski definition) is 3. The number of rotatable bonds is 6. The molecule has 0 saturated carbocycles. The number of ether oxygens (including phenoxy) is 1. The fourth-order valence-electron chi connectivity index (χ4n) is 2.71. The zero-order valence-electron chi connectivity index (χ0n) is 14.6. The van der Waals surface area contributed by atoms with Crippen molar-refractivity contribution >= 4 is 29.9 Å². The van der Waals surface area contributed by atoms with E-state index in [9.17, 15) is 4.39 Å². The number of benzene rings is 1. The van der Waals surface area contributed by atoms with Gasteiger partial charge in [-0.25, -0.2) is 4.39 Å². The maximum absolute atomic E-state index is 13.1. The standard InChI is InChI=1S/C17H27FN4O.HI/c1-19-17(20-11-15-5-4-10-23-15)21-12-16(22(2)3)13-6-8-14(18)9-7-13;/h6-9,15-16H,4-5,10-12H2,1-3H3,(H2,19,20,21);1H. The van der Waals surface area contributed by atoms with Crippen LogP contribution in [0.2, 0.25) is 0 Å². The fraction of sp³-hybridized carbons (Fsp3) is 0.588. The van der Waals surface area contributed by atoms with E-state index in [1.807, 2.05) is 26.2 Å². The Balaban J connectivity index is 0.00000288. The van der Waals surface area contributed by atoms with Crippen LogP contribution in [-0.4, -0.2) is 57.8 Å².